The number of aromatic hydroxyl groups is 1. The maximum atomic E-state index is 13.2. The van der Waals surface area contributed by atoms with Gasteiger partial charge in [-0.25, -0.2) is 5.43 Å². The summed E-state index contributed by atoms with van der Waals surface area (Å²) in [5.41, 5.74) is 5.65. The molecule has 2 aliphatic heterocycles. The highest BCUT2D eigenvalue weighted by Gasteiger charge is 2.25. The van der Waals surface area contributed by atoms with Gasteiger partial charge in [-0.1, -0.05) is 18.6 Å². The van der Waals surface area contributed by atoms with Crippen LogP contribution in [0.5, 0.6) is 5.75 Å². The minimum absolute atomic E-state index is 0.156. The van der Waals surface area contributed by atoms with Crippen LogP contribution in [-0.2, 0) is 6.54 Å². The van der Waals surface area contributed by atoms with E-state index in [2.05, 4.69) is 54.3 Å². The fraction of sp³-hybridized carbons (Fsp3) is 0.344. The van der Waals surface area contributed by atoms with Crippen molar-refractivity contribution < 1.29 is 14.7 Å². The van der Waals surface area contributed by atoms with Crippen molar-refractivity contribution >= 4 is 46.3 Å². The second kappa shape index (κ2) is 14.1. The monoisotopic (exact) mass is 665 g/mol. The third-order valence-corrected chi connectivity index (χ3v) is 8.48. The molecule has 214 valence electrons. The summed E-state index contributed by atoms with van der Waals surface area (Å²) in [4.78, 5) is 31.4. The van der Waals surface area contributed by atoms with Crippen molar-refractivity contribution in [2.75, 3.05) is 31.5 Å². The van der Waals surface area contributed by atoms with E-state index in [0.29, 0.717) is 22.9 Å². The van der Waals surface area contributed by atoms with Crippen molar-refractivity contribution in [2.45, 2.75) is 44.7 Å². The molecule has 2 aliphatic rings. The smallest absolute Gasteiger partial charge is 0.273 e. The van der Waals surface area contributed by atoms with Gasteiger partial charge in [0.1, 0.15) is 5.75 Å². The van der Waals surface area contributed by atoms with Crippen LogP contribution in [0.4, 0.5) is 5.69 Å². The Labute approximate surface area is 255 Å². The Hall–Kier alpha value is -3.28. The highest BCUT2D eigenvalue weighted by Crippen LogP contribution is 2.23. The number of hydrogen-bond acceptors (Lipinski definition) is 6. The normalized spacial score (nSPS) is 17.0. The summed E-state index contributed by atoms with van der Waals surface area (Å²) in [5.74, 6) is -0.544. The van der Waals surface area contributed by atoms with Gasteiger partial charge < -0.3 is 15.3 Å². The highest BCUT2D eigenvalue weighted by molar-refractivity contribution is 14.1. The summed E-state index contributed by atoms with van der Waals surface area (Å²) in [6.45, 7) is 5.48. The second-order valence-electron chi connectivity index (χ2n) is 10.7. The van der Waals surface area contributed by atoms with Crippen molar-refractivity contribution in [2.24, 2.45) is 5.10 Å². The first-order valence-electron chi connectivity index (χ1n) is 14.2. The number of nitrogens with one attached hydrogen (secondary N) is 2. The first-order chi connectivity index (χ1) is 19.9. The van der Waals surface area contributed by atoms with Gasteiger partial charge in [-0.3, -0.25) is 14.5 Å². The first kappa shape index (κ1) is 29.2. The molecule has 5 rings (SSSR count). The maximum absolute atomic E-state index is 13.2. The molecule has 0 radical (unpaired) electrons. The Morgan fingerprint density at radius 1 is 0.927 bits per heavy atom. The molecule has 2 saturated heterocycles. The number of amides is 2. The van der Waals surface area contributed by atoms with Crippen molar-refractivity contribution in [3.8, 4) is 5.75 Å². The van der Waals surface area contributed by atoms with Gasteiger partial charge in [-0.2, -0.15) is 5.10 Å². The molecule has 3 N–H and O–H groups in total. The molecule has 0 aromatic heterocycles. The molecule has 0 atom stereocenters. The number of phenolic OH excluding ortho intramolecular Hbond substituents is 1. The zero-order chi connectivity index (χ0) is 28.6. The molecule has 41 heavy (non-hydrogen) atoms. The number of hydrazone groups is 1. The standard InChI is InChI=1S/C32H36IN5O3/c33-26-9-12-30(29(20-26)32(41)36-34-21-23-7-10-28(39)11-8-23)35-31(40)25-6-4-5-24(19-25)22-37-17-13-27(14-18-37)38-15-2-1-3-16-38/h4-12,19-21,27,39H,1-3,13-18,22H2,(H,35,40)(H,36,41)/b34-21+. The molecular formula is C32H36IN5O3. The van der Waals surface area contributed by atoms with Gasteiger partial charge in [-0.05, 0) is 140 Å². The quantitative estimate of drug-likeness (QED) is 0.169. The molecule has 0 saturated carbocycles. The van der Waals surface area contributed by atoms with Crippen molar-refractivity contribution in [3.05, 3.63) is 92.6 Å². The molecule has 0 unspecified atom stereocenters. The van der Waals surface area contributed by atoms with Crippen LogP contribution >= 0.6 is 22.6 Å². The number of piperidine rings is 2. The van der Waals surface area contributed by atoms with Gasteiger partial charge in [0.05, 0.1) is 17.5 Å². The molecule has 0 aliphatic carbocycles. The third-order valence-electron chi connectivity index (χ3n) is 7.81. The summed E-state index contributed by atoms with van der Waals surface area (Å²) in [7, 11) is 0. The van der Waals surface area contributed by atoms with Crippen LogP contribution in [-0.4, -0.2) is 65.2 Å². The molecule has 2 heterocycles. The van der Waals surface area contributed by atoms with Crippen LogP contribution in [0, 0.1) is 3.57 Å². The largest absolute Gasteiger partial charge is 0.508 e. The number of hydrogen-bond donors (Lipinski definition) is 3. The van der Waals surface area contributed by atoms with Crippen molar-refractivity contribution in [1.29, 1.82) is 0 Å². The molecule has 3 aromatic carbocycles. The number of carbonyl (C=O) groups is 2. The fourth-order valence-corrected chi connectivity index (χ4v) is 6.08. The number of nitrogens with zero attached hydrogens (tertiary/aromatic N) is 3. The van der Waals surface area contributed by atoms with Crippen molar-refractivity contribution in [3.63, 3.8) is 0 Å². The van der Waals surface area contributed by atoms with Crippen LogP contribution in [0.1, 0.15) is 63.9 Å². The first-order valence-corrected chi connectivity index (χ1v) is 15.3. The summed E-state index contributed by atoms with van der Waals surface area (Å²) in [5, 5.41) is 16.4. The number of halogens is 1. The van der Waals surface area contributed by atoms with E-state index in [1.807, 2.05) is 18.2 Å². The summed E-state index contributed by atoms with van der Waals surface area (Å²) < 4.78 is 0.860. The zero-order valence-corrected chi connectivity index (χ0v) is 25.2. The molecule has 3 aromatic rings. The second-order valence-corrected chi connectivity index (χ2v) is 12.0. The average molecular weight is 666 g/mol. The van der Waals surface area contributed by atoms with Crippen LogP contribution in [0.15, 0.2) is 71.8 Å². The van der Waals surface area contributed by atoms with Gasteiger partial charge in [0.25, 0.3) is 11.8 Å². The van der Waals surface area contributed by atoms with Gasteiger partial charge in [0, 0.05) is 21.7 Å². The Bertz CT molecular complexity index is 1380. The minimum atomic E-state index is -0.435. The van der Waals surface area contributed by atoms with E-state index in [1.54, 1.807) is 42.5 Å². The number of benzene rings is 3. The summed E-state index contributed by atoms with van der Waals surface area (Å²) in [6, 6.07) is 20.2. The van der Waals surface area contributed by atoms with E-state index in [-0.39, 0.29) is 11.7 Å². The van der Waals surface area contributed by atoms with Gasteiger partial charge in [0.15, 0.2) is 0 Å². The Balaban J connectivity index is 1.19. The van der Waals surface area contributed by atoms with E-state index in [0.717, 1.165) is 34.3 Å². The van der Waals surface area contributed by atoms with Crippen LogP contribution in [0.3, 0.4) is 0 Å². The molecule has 2 fully saturated rings. The van der Waals surface area contributed by atoms with E-state index >= 15 is 0 Å². The van der Waals surface area contributed by atoms with Crippen LogP contribution < -0.4 is 10.7 Å². The minimum Gasteiger partial charge on any atom is -0.508 e. The maximum Gasteiger partial charge on any atom is 0.273 e. The predicted octanol–water partition coefficient (Wildman–Crippen LogP) is 5.46. The lowest BCUT2D eigenvalue weighted by Gasteiger charge is -2.40. The number of rotatable bonds is 8. The zero-order valence-electron chi connectivity index (χ0n) is 23.1. The Morgan fingerprint density at radius 2 is 1.68 bits per heavy atom. The number of anilines is 1. The molecular weight excluding hydrogens is 629 g/mol. The summed E-state index contributed by atoms with van der Waals surface area (Å²) >= 11 is 2.13. The van der Waals surface area contributed by atoms with E-state index in [1.165, 1.54) is 51.4 Å². The highest BCUT2D eigenvalue weighted by atomic mass is 127. The van der Waals surface area contributed by atoms with Gasteiger partial charge >= 0.3 is 0 Å². The van der Waals surface area contributed by atoms with Crippen molar-refractivity contribution in [1.82, 2.24) is 15.2 Å². The number of carbonyl (C=O) groups excluding carboxylic acids is 2. The molecule has 2 amide bonds. The van der Waals surface area contributed by atoms with Crippen LogP contribution in [0.2, 0.25) is 0 Å². The SMILES string of the molecule is O=C(Nc1ccc(I)cc1C(=O)N/N=C/c1ccc(O)cc1)c1cccc(CN2CCC(N3CCCCC3)CC2)c1. The lowest BCUT2D eigenvalue weighted by atomic mass is 9.99. The van der Waals surface area contributed by atoms with Crippen LogP contribution in [0.25, 0.3) is 0 Å². The van der Waals surface area contributed by atoms with Gasteiger partial charge in [0.2, 0.25) is 0 Å². The van der Waals surface area contributed by atoms with E-state index < -0.39 is 5.91 Å². The lowest BCUT2D eigenvalue weighted by molar-refractivity contribution is 0.0896. The Kier molecular flexibility index (Phi) is 10.0. The molecule has 8 nitrogen and oxygen atoms in total. The number of likely N-dealkylation sites (tertiary alicyclic amines) is 2. The predicted molar refractivity (Wildman–Crippen MR) is 170 cm³/mol. The fourth-order valence-electron chi connectivity index (χ4n) is 5.59. The average Bonchev–Trinajstić information content (AvgIpc) is 3.00. The molecule has 0 bridgehead atoms. The lowest BCUT2D eigenvalue weighted by Crippen LogP contribution is -2.46. The topological polar surface area (TPSA) is 97.3 Å². The Morgan fingerprint density at radius 3 is 2.44 bits per heavy atom. The summed E-state index contributed by atoms with van der Waals surface area (Å²) in [6.07, 6.45) is 7.93. The third kappa shape index (κ3) is 8.15. The molecule has 0 spiro atoms. The number of phenols is 1. The van der Waals surface area contributed by atoms with E-state index in [9.17, 15) is 14.7 Å². The molecule has 9 heteroatoms. The van der Waals surface area contributed by atoms with Gasteiger partial charge in [-0.15, -0.1) is 0 Å². The van der Waals surface area contributed by atoms with E-state index in [4.69, 9.17) is 0 Å².